The Morgan fingerprint density at radius 3 is 2.62 bits per heavy atom. The maximum Gasteiger partial charge on any atom is 0.337 e. The minimum absolute atomic E-state index is 0.0817. The number of amides is 1. The van der Waals surface area contributed by atoms with Gasteiger partial charge in [0.1, 0.15) is 0 Å². The van der Waals surface area contributed by atoms with Gasteiger partial charge in [-0.25, -0.2) is 4.79 Å². The molecule has 1 amide bonds. The summed E-state index contributed by atoms with van der Waals surface area (Å²) in [5.74, 6) is -1.29. The molecule has 5 heteroatoms. The standard InChI is InChI=1S/C19H16N2O3/c22-18(21-17-8-4-2-6-15(17)19(23)24)10-9-13-11-14-5-1-3-7-16(14)20-12-13/h1-8,11-12H,9-10H2,(H,21,22)(H,23,24). The molecular weight excluding hydrogens is 304 g/mol. The van der Waals surface area contributed by atoms with E-state index in [4.69, 9.17) is 5.11 Å². The number of hydrogen-bond donors (Lipinski definition) is 2. The minimum Gasteiger partial charge on any atom is -0.478 e. The maximum atomic E-state index is 12.1. The molecule has 5 nitrogen and oxygen atoms in total. The molecular formula is C19H16N2O3. The van der Waals surface area contributed by atoms with Gasteiger partial charge in [0.05, 0.1) is 16.8 Å². The Balaban J connectivity index is 1.66. The number of aromatic carboxylic acids is 1. The Labute approximate surface area is 139 Å². The van der Waals surface area contributed by atoms with E-state index in [-0.39, 0.29) is 17.9 Å². The van der Waals surface area contributed by atoms with Crippen molar-refractivity contribution < 1.29 is 14.7 Å². The Bertz CT molecular complexity index is 906. The molecule has 0 unspecified atom stereocenters. The molecule has 0 saturated carbocycles. The molecule has 0 aliphatic rings. The number of carboxylic acid groups (broad SMARTS) is 1. The third-order valence-electron chi connectivity index (χ3n) is 3.72. The van der Waals surface area contributed by atoms with E-state index in [1.54, 1.807) is 24.4 Å². The maximum absolute atomic E-state index is 12.1. The number of rotatable bonds is 5. The second kappa shape index (κ2) is 6.91. The highest BCUT2D eigenvalue weighted by Crippen LogP contribution is 2.17. The van der Waals surface area contributed by atoms with Crippen LogP contribution >= 0.6 is 0 Å². The van der Waals surface area contributed by atoms with Gasteiger partial charge in [0.15, 0.2) is 0 Å². The first kappa shape index (κ1) is 15.7. The third kappa shape index (κ3) is 3.57. The van der Waals surface area contributed by atoms with Crippen molar-refractivity contribution in [1.82, 2.24) is 4.98 Å². The number of hydrogen-bond acceptors (Lipinski definition) is 3. The first-order valence-electron chi connectivity index (χ1n) is 7.59. The van der Waals surface area contributed by atoms with Crippen molar-refractivity contribution in [3.63, 3.8) is 0 Å². The van der Waals surface area contributed by atoms with Crippen LogP contribution in [0.4, 0.5) is 5.69 Å². The molecule has 2 N–H and O–H groups in total. The van der Waals surface area contributed by atoms with E-state index in [0.29, 0.717) is 12.1 Å². The first-order valence-corrected chi connectivity index (χ1v) is 7.59. The van der Waals surface area contributed by atoms with E-state index in [1.165, 1.54) is 6.07 Å². The monoisotopic (exact) mass is 320 g/mol. The smallest absolute Gasteiger partial charge is 0.337 e. The van der Waals surface area contributed by atoms with Crippen LogP contribution in [0.3, 0.4) is 0 Å². The van der Waals surface area contributed by atoms with Crippen LogP contribution in [-0.2, 0) is 11.2 Å². The van der Waals surface area contributed by atoms with Gasteiger partial charge in [-0.05, 0) is 36.2 Å². The summed E-state index contributed by atoms with van der Waals surface area (Å²) in [7, 11) is 0. The number of para-hydroxylation sites is 2. The molecule has 0 radical (unpaired) electrons. The van der Waals surface area contributed by atoms with Crippen molar-refractivity contribution in [2.45, 2.75) is 12.8 Å². The SMILES string of the molecule is O=C(CCc1cnc2ccccc2c1)Nc1ccccc1C(=O)O. The normalized spacial score (nSPS) is 10.5. The van der Waals surface area contributed by atoms with Crippen LogP contribution in [0.2, 0.25) is 0 Å². The fraction of sp³-hybridized carbons (Fsp3) is 0.105. The van der Waals surface area contributed by atoms with E-state index in [9.17, 15) is 9.59 Å². The Kier molecular flexibility index (Phi) is 4.52. The number of fused-ring (bicyclic) bond motifs is 1. The van der Waals surface area contributed by atoms with Crippen molar-refractivity contribution in [2.75, 3.05) is 5.32 Å². The van der Waals surface area contributed by atoms with E-state index in [1.807, 2.05) is 30.3 Å². The molecule has 1 aromatic heterocycles. The fourth-order valence-corrected chi connectivity index (χ4v) is 2.50. The second-order valence-corrected chi connectivity index (χ2v) is 5.44. The lowest BCUT2D eigenvalue weighted by molar-refractivity contribution is -0.116. The molecule has 0 saturated heterocycles. The molecule has 1 heterocycles. The molecule has 3 rings (SSSR count). The Hall–Kier alpha value is -3.21. The summed E-state index contributed by atoms with van der Waals surface area (Å²) in [6.07, 6.45) is 2.56. The van der Waals surface area contributed by atoms with Crippen LogP contribution in [0.25, 0.3) is 10.9 Å². The van der Waals surface area contributed by atoms with Crippen LogP contribution in [-0.4, -0.2) is 22.0 Å². The van der Waals surface area contributed by atoms with Crippen molar-refractivity contribution >= 4 is 28.5 Å². The van der Waals surface area contributed by atoms with Gasteiger partial charge in [-0.3, -0.25) is 9.78 Å². The van der Waals surface area contributed by atoms with Gasteiger partial charge in [-0.1, -0.05) is 30.3 Å². The number of nitrogens with one attached hydrogen (secondary N) is 1. The van der Waals surface area contributed by atoms with Crippen LogP contribution in [0.15, 0.2) is 60.8 Å². The number of anilines is 1. The topological polar surface area (TPSA) is 79.3 Å². The van der Waals surface area contributed by atoms with Gasteiger partial charge < -0.3 is 10.4 Å². The van der Waals surface area contributed by atoms with E-state index in [2.05, 4.69) is 10.3 Å². The summed E-state index contributed by atoms with van der Waals surface area (Å²) >= 11 is 0. The number of carbonyl (C=O) groups is 2. The average molecular weight is 320 g/mol. The van der Waals surface area contributed by atoms with E-state index in [0.717, 1.165) is 16.5 Å². The largest absolute Gasteiger partial charge is 0.478 e. The predicted octanol–water partition coefficient (Wildman–Crippen LogP) is 3.50. The highest BCUT2D eigenvalue weighted by molar-refractivity contribution is 6.00. The Morgan fingerprint density at radius 2 is 1.79 bits per heavy atom. The highest BCUT2D eigenvalue weighted by atomic mass is 16.4. The second-order valence-electron chi connectivity index (χ2n) is 5.44. The lowest BCUT2D eigenvalue weighted by Crippen LogP contribution is -2.15. The summed E-state index contributed by atoms with van der Waals surface area (Å²) in [6.45, 7) is 0. The Morgan fingerprint density at radius 1 is 1.04 bits per heavy atom. The highest BCUT2D eigenvalue weighted by Gasteiger charge is 2.11. The van der Waals surface area contributed by atoms with Crippen LogP contribution in [0, 0.1) is 0 Å². The van der Waals surface area contributed by atoms with Crippen molar-refractivity contribution in [1.29, 1.82) is 0 Å². The lowest BCUT2D eigenvalue weighted by Gasteiger charge is -2.08. The first-order chi connectivity index (χ1) is 11.6. The predicted molar refractivity (Wildman–Crippen MR) is 92.1 cm³/mol. The lowest BCUT2D eigenvalue weighted by atomic mass is 10.1. The number of pyridine rings is 1. The molecule has 0 aliphatic heterocycles. The summed E-state index contributed by atoms with van der Waals surface area (Å²) < 4.78 is 0. The number of benzene rings is 2. The minimum atomic E-state index is -1.07. The number of carboxylic acids is 1. The van der Waals surface area contributed by atoms with Crippen molar-refractivity contribution in [2.24, 2.45) is 0 Å². The number of aromatic nitrogens is 1. The van der Waals surface area contributed by atoms with Crippen LogP contribution < -0.4 is 5.32 Å². The van der Waals surface area contributed by atoms with Crippen molar-refractivity contribution in [3.8, 4) is 0 Å². The van der Waals surface area contributed by atoms with Gasteiger partial charge in [0.25, 0.3) is 0 Å². The van der Waals surface area contributed by atoms with Crippen LogP contribution in [0.5, 0.6) is 0 Å². The molecule has 3 aromatic rings. The molecule has 24 heavy (non-hydrogen) atoms. The van der Waals surface area contributed by atoms with Gasteiger partial charge in [0, 0.05) is 18.0 Å². The summed E-state index contributed by atoms with van der Waals surface area (Å²) in [5, 5.41) is 12.8. The zero-order chi connectivity index (χ0) is 16.9. The number of aryl methyl sites for hydroxylation is 1. The van der Waals surface area contributed by atoms with Crippen LogP contribution in [0.1, 0.15) is 22.3 Å². The number of nitrogens with zero attached hydrogens (tertiary/aromatic N) is 1. The van der Waals surface area contributed by atoms with Crippen molar-refractivity contribution in [3.05, 3.63) is 71.9 Å². The van der Waals surface area contributed by atoms with Gasteiger partial charge in [0.2, 0.25) is 5.91 Å². The van der Waals surface area contributed by atoms with E-state index < -0.39 is 5.97 Å². The third-order valence-corrected chi connectivity index (χ3v) is 3.72. The molecule has 120 valence electrons. The van der Waals surface area contributed by atoms with Gasteiger partial charge in [-0.2, -0.15) is 0 Å². The van der Waals surface area contributed by atoms with Gasteiger partial charge in [-0.15, -0.1) is 0 Å². The molecule has 0 fully saturated rings. The summed E-state index contributed by atoms with van der Waals surface area (Å²) in [6, 6.07) is 16.2. The zero-order valence-corrected chi connectivity index (χ0v) is 12.9. The molecule has 2 aromatic carbocycles. The molecule has 0 bridgehead atoms. The van der Waals surface area contributed by atoms with E-state index >= 15 is 0 Å². The average Bonchev–Trinajstić information content (AvgIpc) is 2.60. The summed E-state index contributed by atoms with van der Waals surface area (Å²) in [5.41, 5.74) is 2.28. The summed E-state index contributed by atoms with van der Waals surface area (Å²) in [4.78, 5) is 27.6. The van der Waals surface area contributed by atoms with Gasteiger partial charge >= 0.3 is 5.97 Å². The number of carbonyl (C=O) groups excluding carboxylic acids is 1. The molecule has 0 aliphatic carbocycles. The fourth-order valence-electron chi connectivity index (χ4n) is 2.50. The quantitative estimate of drug-likeness (QED) is 0.754. The molecule has 0 spiro atoms. The zero-order valence-electron chi connectivity index (χ0n) is 12.9. The molecule has 0 atom stereocenters.